The largest absolute Gasteiger partial charge is 0.497 e. The molecule has 0 saturated heterocycles. The fourth-order valence-corrected chi connectivity index (χ4v) is 3.48. The molecule has 29 heavy (non-hydrogen) atoms. The molecule has 1 aliphatic heterocycles. The van der Waals surface area contributed by atoms with Crippen LogP contribution in [0.3, 0.4) is 0 Å². The molecule has 0 amide bonds. The summed E-state index contributed by atoms with van der Waals surface area (Å²) in [7, 11) is 1.68. The van der Waals surface area contributed by atoms with E-state index in [1.54, 1.807) is 13.4 Å². The third kappa shape index (κ3) is 3.42. The molecular formula is C22H20N4O3. The van der Waals surface area contributed by atoms with E-state index in [9.17, 15) is 0 Å². The van der Waals surface area contributed by atoms with Crippen LogP contribution in [0.5, 0.6) is 17.2 Å². The lowest BCUT2D eigenvalue weighted by molar-refractivity contribution is 0.174. The van der Waals surface area contributed by atoms with Gasteiger partial charge in [-0.15, -0.1) is 0 Å². The first-order valence-corrected chi connectivity index (χ1v) is 9.40. The number of H-pyrrole nitrogens is 1. The van der Waals surface area contributed by atoms with E-state index in [-0.39, 0.29) is 6.79 Å². The van der Waals surface area contributed by atoms with Crippen molar-refractivity contribution in [3.63, 3.8) is 0 Å². The number of rotatable bonds is 6. The van der Waals surface area contributed by atoms with Gasteiger partial charge in [-0.3, -0.25) is 0 Å². The molecule has 7 nitrogen and oxygen atoms in total. The number of anilines is 1. The zero-order chi connectivity index (χ0) is 19.6. The summed E-state index contributed by atoms with van der Waals surface area (Å²) >= 11 is 0. The van der Waals surface area contributed by atoms with Gasteiger partial charge in [-0.2, -0.15) is 0 Å². The average molecular weight is 388 g/mol. The average Bonchev–Trinajstić information content (AvgIpc) is 3.40. The smallest absolute Gasteiger partial charge is 0.231 e. The van der Waals surface area contributed by atoms with E-state index in [2.05, 4.69) is 26.3 Å². The highest BCUT2D eigenvalue weighted by Gasteiger charge is 2.14. The van der Waals surface area contributed by atoms with Gasteiger partial charge in [0.2, 0.25) is 6.79 Å². The van der Waals surface area contributed by atoms with Crippen molar-refractivity contribution in [2.24, 2.45) is 0 Å². The minimum absolute atomic E-state index is 0.259. The minimum atomic E-state index is 0.259. The van der Waals surface area contributed by atoms with Crippen LogP contribution >= 0.6 is 0 Å². The number of methoxy groups -OCH3 is 1. The summed E-state index contributed by atoms with van der Waals surface area (Å²) in [5, 5.41) is 4.56. The second kappa shape index (κ2) is 7.35. The maximum atomic E-state index is 5.46. The zero-order valence-electron chi connectivity index (χ0n) is 15.9. The fourth-order valence-electron chi connectivity index (χ4n) is 3.48. The molecular weight excluding hydrogens is 368 g/mol. The number of hydrogen-bond donors (Lipinski definition) is 2. The van der Waals surface area contributed by atoms with E-state index in [4.69, 9.17) is 14.2 Å². The number of fused-ring (bicyclic) bond motifs is 2. The molecule has 3 heterocycles. The number of aromatic nitrogens is 3. The van der Waals surface area contributed by atoms with E-state index in [0.29, 0.717) is 0 Å². The summed E-state index contributed by atoms with van der Waals surface area (Å²) in [5.74, 6) is 3.14. The van der Waals surface area contributed by atoms with Gasteiger partial charge < -0.3 is 24.5 Å². The van der Waals surface area contributed by atoms with Gasteiger partial charge in [-0.1, -0.05) is 0 Å². The highest BCUT2D eigenvalue weighted by atomic mass is 16.7. The summed E-state index contributed by atoms with van der Waals surface area (Å²) in [6.45, 7) is 1.01. The van der Waals surface area contributed by atoms with E-state index >= 15 is 0 Å². The van der Waals surface area contributed by atoms with Gasteiger partial charge in [-0.05, 0) is 48.4 Å². The number of ether oxygens (including phenoxy) is 3. The van der Waals surface area contributed by atoms with E-state index < -0.39 is 0 Å². The Morgan fingerprint density at radius 2 is 2.00 bits per heavy atom. The molecule has 0 saturated carbocycles. The summed E-state index contributed by atoms with van der Waals surface area (Å²) in [6, 6.07) is 13.8. The van der Waals surface area contributed by atoms with Crippen molar-refractivity contribution in [1.29, 1.82) is 0 Å². The standard InChI is InChI=1S/C22H20N4O3/c1-27-16-3-4-18-17(9-16)15(11-24-18)6-7-23-22-10-19(25-12-26-22)14-2-5-20-21(8-14)29-13-28-20/h2-5,8-12,24H,6-7,13H2,1H3,(H,23,25,26). The Bertz CT molecular complexity index is 1170. The lowest BCUT2D eigenvalue weighted by Crippen LogP contribution is -2.06. The first kappa shape index (κ1) is 17.4. The first-order valence-electron chi connectivity index (χ1n) is 9.40. The van der Waals surface area contributed by atoms with Crippen molar-refractivity contribution in [2.75, 3.05) is 25.8 Å². The van der Waals surface area contributed by atoms with Crippen LogP contribution in [0.1, 0.15) is 5.56 Å². The van der Waals surface area contributed by atoms with Crippen LogP contribution in [-0.2, 0) is 6.42 Å². The molecule has 0 unspecified atom stereocenters. The predicted octanol–water partition coefficient (Wildman–Crippen LogP) is 4.02. The Kier molecular flexibility index (Phi) is 4.40. The number of nitrogens with one attached hydrogen (secondary N) is 2. The van der Waals surface area contributed by atoms with Crippen LogP contribution in [0.15, 0.2) is 55.0 Å². The lowest BCUT2D eigenvalue weighted by atomic mass is 10.1. The van der Waals surface area contributed by atoms with Gasteiger partial charge in [0.15, 0.2) is 11.5 Å². The van der Waals surface area contributed by atoms with Gasteiger partial charge in [0.25, 0.3) is 0 Å². The second-order valence-corrected chi connectivity index (χ2v) is 6.76. The molecule has 0 spiro atoms. The Balaban J connectivity index is 1.29. The maximum absolute atomic E-state index is 5.46. The van der Waals surface area contributed by atoms with Crippen molar-refractivity contribution >= 4 is 16.7 Å². The molecule has 7 heteroatoms. The molecule has 2 aromatic carbocycles. The van der Waals surface area contributed by atoms with Crippen molar-refractivity contribution in [3.8, 4) is 28.5 Å². The van der Waals surface area contributed by atoms with Crippen LogP contribution in [0.4, 0.5) is 5.82 Å². The molecule has 0 fully saturated rings. The number of nitrogens with zero attached hydrogens (tertiary/aromatic N) is 2. The summed E-state index contributed by atoms with van der Waals surface area (Å²) in [6.07, 6.45) is 4.47. The Morgan fingerprint density at radius 3 is 2.93 bits per heavy atom. The monoisotopic (exact) mass is 388 g/mol. The summed E-state index contributed by atoms with van der Waals surface area (Å²) < 4.78 is 16.2. The zero-order valence-corrected chi connectivity index (χ0v) is 15.9. The predicted molar refractivity (Wildman–Crippen MR) is 111 cm³/mol. The Morgan fingerprint density at radius 1 is 1.07 bits per heavy atom. The molecule has 1 aliphatic rings. The molecule has 0 atom stereocenters. The topological polar surface area (TPSA) is 81.3 Å². The van der Waals surface area contributed by atoms with Gasteiger partial charge in [0.1, 0.15) is 17.9 Å². The highest BCUT2D eigenvalue weighted by molar-refractivity contribution is 5.84. The second-order valence-electron chi connectivity index (χ2n) is 6.76. The van der Waals surface area contributed by atoms with Crippen LogP contribution in [0.25, 0.3) is 22.2 Å². The third-order valence-corrected chi connectivity index (χ3v) is 5.01. The number of aromatic amines is 1. The third-order valence-electron chi connectivity index (χ3n) is 5.01. The van der Waals surface area contributed by atoms with E-state index in [0.717, 1.165) is 52.8 Å². The highest BCUT2D eigenvalue weighted by Crippen LogP contribution is 2.35. The van der Waals surface area contributed by atoms with Crippen LogP contribution < -0.4 is 19.5 Å². The fraction of sp³-hybridized carbons (Fsp3) is 0.182. The Labute approximate surface area is 167 Å². The van der Waals surface area contributed by atoms with Gasteiger partial charge >= 0.3 is 0 Å². The Hall–Kier alpha value is -3.74. The molecule has 146 valence electrons. The molecule has 2 aromatic heterocycles. The van der Waals surface area contributed by atoms with Crippen molar-refractivity contribution in [2.45, 2.75) is 6.42 Å². The summed E-state index contributed by atoms with van der Waals surface area (Å²) in [5.41, 5.74) is 4.13. The van der Waals surface area contributed by atoms with Crippen LogP contribution in [0, 0.1) is 0 Å². The van der Waals surface area contributed by atoms with Gasteiger partial charge in [0.05, 0.1) is 12.8 Å². The number of benzene rings is 2. The minimum Gasteiger partial charge on any atom is -0.497 e. The van der Waals surface area contributed by atoms with E-state index in [1.165, 1.54) is 10.9 Å². The van der Waals surface area contributed by atoms with Crippen molar-refractivity contribution in [1.82, 2.24) is 15.0 Å². The van der Waals surface area contributed by atoms with Gasteiger partial charge in [0, 0.05) is 35.3 Å². The molecule has 0 radical (unpaired) electrons. The van der Waals surface area contributed by atoms with Crippen LogP contribution in [-0.4, -0.2) is 35.4 Å². The maximum Gasteiger partial charge on any atom is 0.231 e. The van der Waals surface area contributed by atoms with Crippen LogP contribution in [0.2, 0.25) is 0 Å². The lowest BCUT2D eigenvalue weighted by Gasteiger charge is -2.08. The van der Waals surface area contributed by atoms with E-state index in [1.807, 2.05) is 42.6 Å². The molecule has 5 rings (SSSR count). The first-order chi connectivity index (χ1) is 14.3. The molecule has 0 bridgehead atoms. The summed E-state index contributed by atoms with van der Waals surface area (Å²) in [4.78, 5) is 12.0. The van der Waals surface area contributed by atoms with Crippen molar-refractivity contribution in [3.05, 3.63) is 60.6 Å². The van der Waals surface area contributed by atoms with Gasteiger partial charge in [-0.25, -0.2) is 9.97 Å². The quantitative estimate of drug-likeness (QED) is 0.519. The number of hydrogen-bond acceptors (Lipinski definition) is 6. The SMILES string of the molecule is COc1ccc2[nH]cc(CCNc3cc(-c4ccc5c(c4)OCO5)ncn3)c2c1. The van der Waals surface area contributed by atoms with Crippen molar-refractivity contribution < 1.29 is 14.2 Å². The molecule has 4 aromatic rings. The molecule has 0 aliphatic carbocycles. The normalized spacial score (nSPS) is 12.3. The molecule has 2 N–H and O–H groups in total.